The number of hydrogen-bond acceptors (Lipinski definition) is 4. The highest BCUT2D eigenvalue weighted by molar-refractivity contribution is 5.98. The van der Waals surface area contributed by atoms with E-state index in [1.165, 1.54) is 0 Å². The zero-order valence-electron chi connectivity index (χ0n) is 19.4. The van der Waals surface area contributed by atoms with Gasteiger partial charge in [-0.05, 0) is 30.2 Å². The Bertz CT molecular complexity index is 939. The van der Waals surface area contributed by atoms with Gasteiger partial charge in [-0.2, -0.15) is 0 Å². The van der Waals surface area contributed by atoms with Gasteiger partial charge in [0, 0.05) is 25.7 Å². The van der Waals surface area contributed by atoms with Crippen LogP contribution in [0.25, 0.3) is 0 Å². The number of hydrogen-bond donors (Lipinski definition) is 0. The molecule has 170 valence electrons. The average molecular weight is 435 g/mol. The standard InChI is InChI=1S/C27H34N2O3/c1-6-15-31-25-18-26(32-16-7-2)23(17-22(25)20(3)4)27(30)29-14-13-28(5)19-24(29)21-11-9-8-10-12-21/h6-12,17-18,20,24H,1-2,13-16,19H2,3-5H3. The Hall–Kier alpha value is -3.05. The summed E-state index contributed by atoms with van der Waals surface area (Å²) in [6, 6.07) is 14.0. The molecule has 1 saturated heterocycles. The van der Waals surface area contributed by atoms with Crippen LogP contribution in [0.5, 0.6) is 11.5 Å². The van der Waals surface area contributed by atoms with Crippen LogP contribution in [0.1, 0.15) is 47.3 Å². The number of ether oxygens (including phenoxy) is 2. The number of amides is 1. The quantitative estimate of drug-likeness (QED) is 0.517. The Morgan fingerprint density at radius 2 is 1.72 bits per heavy atom. The lowest BCUT2D eigenvalue weighted by atomic mass is 9.96. The fraction of sp³-hybridized carbons (Fsp3) is 0.370. The molecule has 0 saturated carbocycles. The molecule has 1 aliphatic heterocycles. The molecular formula is C27H34N2O3. The molecule has 3 rings (SSSR count). The lowest BCUT2D eigenvalue weighted by Gasteiger charge is -2.40. The Balaban J connectivity index is 2.04. The predicted molar refractivity (Wildman–Crippen MR) is 130 cm³/mol. The van der Waals surface area contributed by atoms with Crippen molar-refractivity contribution in [2.24, 2.45) is 0 Å². The average Bonchev–Trinajstić information content (AvgIpc) is 2.81. The number of benzene rings is 2. The van der Waals surface area contributed by atoms with Crippen LogP contribution >= 0.6 is 0 Å². The summed E-state index contributed by atoms with van der Waals surface area (Å²) >= 11 is 0. The van der Waals surface area contributed by atoms with E-state index in [9.17, 15) is 4.79 Å². The molecule has 1 unspecified atom stereocenters. The van der Waals surface area contributed by atoms with Crippen LogP contribution in [0.2, 0.25) is 0 Å². The van der Waals surface area contributed by atoms with E-state index < -0.39 is 0 Å². The molecule has 0 bridgehead atoms. The maximum absolute atomic E-state index is 13.9. The van der Waals surface area contributed by atoms with Crippen molar-refractivity contribution in [1.82, 2.24) is 9.80 Å². The second kappa shape index (κ2) is 11.0. The third kappa shape index (κ3) is 5.40. The molecule has 2 aromatic rings. The molecule has 5 heteroatoms. The van der Waals surface area contributed by atoms with E-state index in [4.69, 9.17) is 9.47 Å². The number of nitrogens with zero attached hydrogens (tertiary/aromatic N) is 2. The second-order valence-corrected chi connectivity index (χ2v) is 8.43. The van der Waals surface area contributed by atoms with Crippen molar-refractivity contribution in [2.45, 2.75) is 25.8 Å². The molecule has 0 aliphatic carbocycles. The van der Waals surface area contributed by atoms with Crippen LogP contribution in [0, 0.1) is 0 Å². The summed E-state index contributed by atoms with van der Waals surface area (Å²) in [4.78, 5) is 18.2. The van der Waals surface area contributed by atoms with Crippen LogP contribution in [-0.4, -0.2) is 55.6 Å². The van der Waals surface area contributed by atoms with Crippen LogP contribution in [0.4, 0.5) is 0 Å². The molecule has 0 aromatic heterocycles. The first-order chi connectivity index (χ1) is 15.5. The molecule has 0 radical (unpaired) electrons. The summed E-state index contributed by atoms with van der Waals surface area (Å²) in [5, 5.41) is 0. The molecule has 1 amide bonds. The van der Waals surface area contributed by atoms with Gasteiger partial charge in [0.15, 0.2) is 0 Å². The van der Waals surface area contributed by atoms with Gasteiger partial charge in [0.05, 0.1) is 11.6 Å². The van der Waals surface area contributed by atoms with Gasteiger partial charge in [-0.15, -0.1) is 0 Å². The Kier molecular flexibility index (Phi) is 8.12. The highest BCUT2D eigenvalue weighted by Gasteiger charge is 2.33. The normalized spacial score (nSPS) is 16.6. The van der Waals surface area contributed by atoms with Gasteiger partial charge in [-0.3, -0.25) is 4.79 Å². The summed E-state index contributed by atoms with van der Waals surface area (Å²) in [7, 11) is 2.10. The number of rotatable bonds is 9. The van der Waals surface area contributed by atoms with Gasteiger partial charge in [-0.25, -0.2) is 0 Å². The first kappa shape index (κ1) is 23.6. The van der Waals surface area contributed by atoms with Crippen molar-refractivity contribution in [3.8, 4) is 11.5 Å². The Morgan fingerprint density at radius 3 is 2.34 bits per heavy atom. The minimum absolute atomic E-state index is 0.0195. The molecule has 0 N–H and O–H groups in total. The summed E-state index contributed by atoms with van der Waals surface area (Å²) in [5.74, 6) is 1.40. The van der Waals surface area contributed by atoms with Crippen molar-refractivity contribution < 1.29 is 14.3 Å². The molecule has 32 heavy (non-hydrogen) atoms. The maximum Gasteiger partial charge on any atom is 0.258 e. The van der Waals surface area contributed by atoms with Crippen LogP contribution in [0.15, 0.2) is 67.8 Å². The minimum atomic E-state index is -0.0248. The predicted octanol–water partition coefficient (Wildman–Crippen LogP) is 5.07. The van der Waals surface area contributed by atoms with Crippen LogP contribution < -0.4 is 9.47 Å². The molecule has 5 nitrogen and oxygen atoms in total. The first-order valence-corrected chi connectivity index (χ1v) is 11.2. The van der Waals surface area contributed by atoms with E-state index in [0.29, 0.717) is 36.8 Å². The third-order valence-electron chi connectivity index (χ3n) is 5.71. The summed E-state index contributed by atoms with van der Waals surface area (Å²) in [6.07, 6.45) is 3.39. The highest BCUT2D eigenvalue weighted by Crippen LogP contribution is 2.36. The number of carbonyl (C=O) groups is 1. The molecular weight excluding hydrogens is 400 g/mol. The monoisotopic (exact) mass is 434 g/mol. The summed E-state index contributed by atoms with van der Waals surface area (Å²) in [6.45, 7) is 14.6. The largest absolute Gasteiger partial charge is 0.489 e. The fourth-order valence-corrected chi connectivity index (χ4v) is 4.02. The van der Waals surface area contributed by atoms with E-state index in [-0.39, 0.29) is 17.9 Å². The van der Waals surface area contributed by atoms with Gasteiger partial charge < -0.3 is 19.3 Å². The summed E-state index contributed by atoms with van der Waals surface area (Å²) in [5.41, 5.74) is 2.68. The molecule has 0 spiro atoms. The zero-order valence-corrected chi connectivity index (χ0v) is 19.4. The molecule has 1 atom stereocenters. The van der Waals surface area contributed by atoms with Gasteiger partial charge in [0.1, 0.15) is 24.7 Å². The van der Waals surface area contributed by atoms with Crippen molar-refractivity contribution in [3.63, 3.8) is 0 Å². The van der Waals surface area contributed by atoms with Crippen molar-refractivity contribution in [2.75, 3.05) is 39.9 Å². The number of piperazine rings is 1. The van der Waals surface area contributed by atoms with Crippen molar-refractivity contribution >= 4 is 5.91 Å². The maximum atomic E-state index is 13.9. The van der Waals surface area contributed by atoms with E-state index >= 15 is 0 Å². The number of likely N-dealkylation sites (N-methyl/N-ethyl adjacent to an activating group) is 1. The van der Waals surface area contributed by atoms with Gasteiger partial charge in [0.2, 0.25) is 0 Å². The van der Waals surface area contributed by atoms with Gasteiger partial charge >= 0.3 is 0 Å². The lowest BCUT2D eigenvalue weighted by Crippen LogP contribution is -2.49. The second-order valence-electron chi connectivity index (χ2n) is 8.43. The Morgan fingerprint density at radius 1 is 1.06 bits per heavy atom. The molecule has 2 aromatic carbocycles. The van der Waals surface area contributed by atoms with E-state index in [1.807, 2.05) is 35.2 Å². The molecule has 1 aliphatic rings. The lowest BCUT2D eigenvalue weighted by molar-refractivity contribution is 0.0494. The van der Waals surface area contributed by atoms with Crippen LogP contribution in [-0.2, 0) is 0 Å². The van der Waals surface area contributed by atoms with E-state index in [1.54, 1.807) is 12.2 Å². The van der Waals surface area contributed by atoms with Crippen molar-refractivity contribution in [3.05, 3.63) is 84.5 Å². The molecule has 1 fully saturated rings. The topological polar surface area (TPSA) is 42.0 Å². The van der Waals surface area contributed by atoms with E-state index in [0.717, 1.165) is 24.2 Å². The first-order valence-electron chi connectivity index (χ1n) is 11.2. The van der Waals surface area contributed by atoms with Crippen molar-refractivity contribution in [1.29, 1.82) is 0 Å². The Labute approximate surface area is 191 Å². The highest BCUT2D eigenvalue weighted by atomic mass is 16.5. The number of carbonyl (C=O) groups excluding carboxylic acids is 1. The smallest absolute Gasteiger partial charge is 0.258 e. The van der Waals surface area contributed by atoms with E-state index in [2.05, 4.69) is 51.1 Å². The van der Waals surface area contributed by atoms with Crippen LogP contribution in [0.3, 0.4) is 0 Å². The molecule has 1 heterocycles. The fourth-order valence-electron chi connectivity index (χ4n) is 4.02. The van der Waals surface area contributed by atoms with Gasteiger partial charge in [-0.1, -0.05) is 69.5 Å². The minimum Gasteiger partial charge on any atom is -0.489 e. The summed E-state index contributed by atoms with van der Waals surface area (Å²) < 4.78 is 11.8. The van der Waals surface area contributed by atoms with Gasteiger partial charge in [0.25, 0.3) is 5.91 Å². The third-order valence-corrected chi connectivity index (χ3v) is 5.71. The zero-order chi connectivity index (χ0) is 23.1. The SMILES string of the molecule is C=CCOc1cc(OCC=C)c(C(C)C)cc1C(=O)N1CCN(C)CC1c1ccccc1.